The average Bonchev–Trinajstić information content (AvgIpc) is 3.21. The molecule has 0 bridgehead atoms. The number of anilines is 1. The number of hydrogen-bond acceptors (Lipinski definition) is 5. The Morgan fingerprint density at radius 3 is 2.58 bits per heavy atom. The first-order chi connectivity index (χ1) is 15.5. The van der Waals surface area contributed by atoms with Gasteiger partial charge in [-0.2, -0.15) is 13.2 Å². The minimum atomic E-state index is -4.86. The standard InChI is InChI=1S/C20H13Cl2F3N4O3S/c21-10-7-16(29-33(31,32)11-1-2-15(22)14(8-11)20(23,24)25)17(28-9-10)18(30)12-3-5-26-19-13(12)4-6-27-19/h1-9,18,29-30H,(H,26,27). The van der Waals surface area contributed by atoms with Gasteiger partial charge in [-0.1, -0.05) is 23.2 Å². The SMILES string of the molecule is O=S(=O)(Nc1cc(Cl)cnc1C(O)c1ccnc2[nH]ccc12)c1ccc(Cl)c(C(F)(F)F)c1. The molecule has 172 valence electrons. The molecular weight excluding hydrogens is 504 g/mol. The smallest absolute Gasteiger partial charge is 0.382 e. The van der Waals surface area contributed by atoms with E-state index in [1.54, 1.807) is 12.3 Å². The zero-order valence-corrected chi connectivity index (χ0v) is 18.6. The summed E-state index contributed by atoms with van der Waals surface area (Å²) < 4.78 is 67.5. The number of benzene rings is 1. The second-order valence-corrected chi connectivity index (χ2v) is 9.40. The Labute approximate surface area is 195 Å². The summed E-state index contributed by atoms with van der Waals surface area (Å²) in [7, 11) is -4.54. The molecule has 0 aliphatic carbocycles. The molecule has 0 aliphatic rings. The third kappa shape index (κ3) is 4.62. The summed E-state index contributed by atoms with van der Waals surface area (Å²) >= 11 is 11.5. The van der Waals surface area contributed by atoms with Crippen LogP contribution in [-0.4, -0.2) is 28.5 Å². The van der Waals surface area contributed by atoms with Gasteiger partial charge in [0.2, 0.25) is 0 Å². The third-order valence-corrected chi connectivity index (χ3v) is 6.63. The molecule has 1 atom stereocenters. The van der Waals surface area contributed by atoms with Gasteiger partial charge < -0.3 is 10.1 Å². The molecule has 0 saturated carbocycles. The van der Waals surface area contributed by atoms with E-state index < -0.39 is 37.8 Å². The molecule has 0 spiro atoms. The van der Waals surface area contributed by atoms with Gasteiger partial charge in [0.25, 0.3) is 10.0 Å². The van der Waals surface area contributed by atoms with E-state index >= 15 is 0 Å². The highest BCUT2D eigenvalue weighted by Gasteiger charge is 2.35. The van der Waals surface area contributed by atoms with Crippen LogP contribution >= 0.6 is 23.2 Å². The normalized spacial score (nSPS) is 13.3. The number of aliphatic hydroxyl groups is 1. The van der Waals surface area contributed by atoms with E-state index in [-0.39, 0.29) is 16.4 Å². The molecule has 4 rings (SSSR count). The Morgan fingerprint density at radius 2 is 1.85 bits per heavy atom. The van der Waals surface area contributed by atoms with Gasteiger partial charge in [-0.15, -0.1) is 0 Å². The fourth-order valence-electron chi connectivity index (χ4n) is 3.21. The van der Waals surface area contributed by atoms with Crippen LogP contribution in [0.2, 0.25) is 10.0 Å². The number of pyridine rings is 2. The number of rotatable bonds is 5. The van der Waals surface area contributed by atoms with Crippen LogP contribution in [0.4, 0.5) is 18.9 Å². The Hall–Kier alpha value is -2.86. The van der Waals surface area contributed by atoms with Crippen molar-refractivity contribution in [3.05, 3.63) is 81.9 Å². The molecule has 0 radical (unpaired) electrons. The maximum absolute atomic E-state index is 13.2. The van der Waals surface area contributed by atoms with E-state index in [0.717, 1.165) is 12.1 Å². The molecule has 1 unspecified atom stereocenters. The van der Waals surface area contributed by atoms with Crippen LogP contribution in [-0.2, 0) is 16.2 Å². The first kappa shape index (κ1) is 23.3. The molecule has 1 aromatic carbocycles. The number of sulfonamides is 1. The van der Waals surface area contributed by atoms with Crippen molar-refractivity contribution in [2.75, 3.05) is 4.72 Å². The van der Waals surface area contributed by atoms with E-state index in [0.29, 0.717) is 22.7 Å². The molecule has 3 N–H and O–H groups in total. The molecule has 13 heteroatoms. The maximum Gasteiger partial charge on any atom is 0.417 e. The van der Waals surface area contributed by atoms with E-state index in [1.165, 1.54) is 24.5 Å². The molecule has 33 heavy (non-hydrogen) atoms. The van der Waals surface area contributed by atoms with Crippen molar-refractivity contribution in [3.63, 3.8) is 0 Å². The van der Waals surface area contributed by atoms with Crippen LogP contribution in [0.1, 0.15) is 22.9 Å². The number of halogens is 5. The molecule has 0 saturated heterocycles. The second kappa shape index (κ2) is 8.49. The molecule has 0 aliphatic heterocycles. The summed E-state index contributed by atoms with van der Waals surface area (Å²) in [5, 5.41) is 11.0. The molecular formula is C20H13Cl2F3N4O3S. The molecule has 7 nitrogen and oxygen atoms in total. The minimum Gasteiger partial charge on any atom is -0.382 e. The van der Waals surface area contributed by atoms with Crippen molar-refractivity contribution in [2.45, 2.75) is 17.2 Å². The van der Waals surface area contributed by atoms with E-state index in [4.69, 9.17) is 23.2 Å². The highest BCUT2D eigenvalue weighted by Crippen LogP contribution is 2.37. The highest BCUT2D eigenvalue weighted by atomic mass is 35.5. The minimum absolute atomic E-state index is 0.0391. The van der Waals surface area contributed by atoms with Crippen LogP contribution in [0.25, 0.3) is 11.0 Å². The monoisotopic (exact) mass is 516 g/mol. The molecule has 4 aromatic rings. The van der Waals surface area contributed by atoms with Crippen LogP contribution < -0.4 is 4.72 Å². The fourth-order valence-corrected chi connectivity index (χ4v) is 4.68. The summed E-state index contributed by atoms with van der Waals surface area (Å²) in [6.45, 7) is 0. The lowest BCUT2D eigenvalue weighted by atomic mass is 10.0. The molecule has 3 heterocycles. The van der Waals surface area contributed by atoms with Crippen LogP contribution in [0.3, 0.4) is 0 Å². The lowest BCUT2D eigenvalue weighted by Gasteiger charge is -2.18. The Balaban J connectivity index is 1.77. The first-order valence-electron chi connectivity index (χ1n) is 9.12. The van der Waals surface area contributed by atoms with E-state index in [1.807, 2.05) is 0 Å². The van der Waals surface area contributed by atoms with Crippen molar-refractivity contribution >= 4 is 49.9 Å². The Bertz CT molecular complexity index is 1460. The van der Waals surface area contributed by atoms with Gasteiger partial charge in [0.1, 0.15) is 11.8 Å². The van der Waals surface area contributed by atoms with Gasteiger partial charge in [0.15, 0.2) is 0 Å². The predicted octanol–water partition coefficient (Wildman–Crippen LogP) is 5.17. The summed E-state index contributed by atoms with van der Waals surface area (Å²) in [5.41, 5.74) is -0.755. The summed E-state index contributed by atoms with van der Waals surface area (Å²) in [6, 6.07) is 6.59. The molecule has 3 aromatic heterocycles. The van der Waals surface area contributed by atoms with Gasteiger partial charge in [-0.05, 0) is 42.0 Å². The van der Waals surface area contributed by atoms with E-state index in [9.17, 15) is 26.7 Å². The number of H-pyrrole nitrogens is 1. The number of fused-ring (bicyclic) bond motifs is 1. The van der Waals surface area contributed by atoms with Crippen molar-refractivity contribution in [2.24, 2.45) is 0 Å². The number of nitrogens with one attached hydrogen (secondary N) is 2. The van der Waals surface area contributed by atoms with Gasteiger partial charge in [-0.25, -0.2) is 13.4 Å². The second-order valence-electron chi connectivity index (χ2n) is 6.87. The van der Waals surface area contributed by atoms with E-state index in [2.05, 4.69) is 19.7 Å². The van der Waals surface area contributed by atoms with Crippen molar-refractivity contribution in [3.8, 4) is 0 Å². The summed E-state index contributed by atoms with van der Waals surface area (Å²) in [5.74, 6) is 0. The number of alkyl halides is 3. The number of aromatic nitrogens is 3. The predicted molar refractivity (Wildman–Crippen MR) is 117 cm³/mol. The van der Waals surface area contributed by atoms with Crippen molar-refractivity contribution in [1.82, 2.24) is 15.0 Å². The third-order valence-electron chi connectivity index (χ3n) is 4.73. The van der Waals surface area contributed by atoms with Gasteiger partial charge in [-0.3, -0.25) is 9.71 Å². The van der Waals surface area contributed by atoms with Crippen molar-refractivity contribution in [1.29, 1.82) is 0 Å². The number of hydrogen-bond donors (Lipinski definition) is 3. The number of aliphatic hydroxyl groups excluding tert-OH is 1. The van der Waals surface area contributed by atoms with Crippen LogP contribution in [0.5, 0.6) is 0 Å². The Kier molecular flexibility index (Phi) is 5.99. The number of nitrogens with zero attached hydrogens (tertiary/aromatic N) is 2. The lowest BCUT2D eigenvalue weighted by molar-refractivity contribution is -0.137. The zero-order chi connectivity index (χ0) is 24.0. The average molecular weight is 517 g/mol. The van der Waals surface area contributed by atoms with Crippen molar-refractivity contribution < 1.29 is 26.7 Å². The largest absolute Gasteiger partial charge is 0.417 e. The number of aromatic amines is 1. The van der Waals surface area contributed by atoms with Gasteiger partial charge in [0, 0.05) is 24.0 Å². The summed E-state index contributed by atoms with van der Waals surface area (Å²) in [6.07, 6.45) is -1.99. The lowest BCUT2D eigenvalue weighted by Crippen LogP contribution is -2.17. The zero-order valence-electron chi connectivity index (χ0n) is 16.2. The van der Waals surface area contributed by atoms with Crippen LogP contribution in [0, 0.1) is 0 Å². The first-order valence-corrected chi connectivity index (χ1v) is 11.4. The highest BCUT2D eigenvalue weighted by molar-refractivity contribution is 7.92. The molecule has 0 amide bonds. The maximum atomic E-state index is 13.2. The van der Waals surface area contributed by atoms with Gasteiger partial charge in [0.05, 0.1) is 31.9 Å². The topological polar surface area (TPSA) is 108 Å². The molecule has 0 fully saturated rings. The van der Waals surface area contributed by atoms with Gasteiger partial charge >= 0.3 is 6.18 Å². The Morgan fingerprint density at radius 1 is 1.09 bits per heavy atom. The quantitative estimate of drug-likeness (QED) is 0.339. The van der Waals surface area contributed by atoms with Crippen LogP contribution in [0.15, 0.2) is 59.9 Å². The summed E-state index contributed by atoms with van der Waals surface area (Å²) in [4.78, 5) is 10.4. The fraction of sp³-hybridized carbons (Fsp3) is 0.100.